The normalized spacial score (nSPS) is 11.6. The first-order valence-corrected chi connectivity index (χ1v) is 10.3. The Morgan fingerprint density at radius 1 is 1.20 bits per heavy atom. The number of para-hydroxylation sites is 1. The molecule has 4 aromatic rings. The molecule has 1 unspecified atom stereocenters. The van der Waals surface area contributed by atoms with Crippen LogP contribution >= 0.6 is 0 Å². The SMILES string of the molecule is COc1ccc(F)c(C(Nc2ccc(C(=N)N)cc2)c2nn(-c3ccccc3C(=O)O)c(=O)[nH]2)c1. The van der Waals surface area contributed by atoms with Crippen LogP contribution in [0.3, 0.4) is 0 Å². The van der Waals surface area contributed by atoms with Crippen molar-refractivity contribution in [2.75, 3.05) is 12.4 Å². The summed E-state index contributed by atoms with van der Waals surface area (Å²) in [6, 6.07) is 15.6. The summed E-state index contributed by atoms with van der Waals surface area (Å²) in [5, 5.41) is 24.5. The fraction of sp³-hybridized carbons (Fsp3) is 0.0833. The number of carboxylic acids is 1. The van der Waals surface area contributed by atoms with Gasteiger partial charge in [-0.15, -0.1) is 5.10 Å². The Labute approximate surface area is 198 Å². The van der Waals surface area contributed by atoms with Crippen molar-refractivity contribution < 1.29 is 19.0 Å². The highest BCUT2D eigenvalue weighted by atomic mass is 19.1. The zero-order valence-corrected chi connectivity index (χ0v) is 18.4. The number of rotatable bonds is 8. The first-order valence-electron chi connectivity index (χ1n) is 10.3. The van der Waals surface area contributed by atoms with Crippen LogP contribution in [0.5, 0.6) is 5.75 Å². The molecule has 1 atom stereocenters. The third-order valence-electron chi connectivity index (χ3n) is 5.29. The largest absolute Gasteiger partial charge is 0.497 e. The van der Waals surface area contributed by atoms with E-state index >= 15 is 0 Å². The van der Waals surface area contributed by atoms with Gasteiger partial charge in [-0.05, 0) is 54.6 Å². The number of amidine groups is 1. The molecule has 0 saturated heterocycles. The van der Waals surface area contributed by atoms with Crippen LogP contribution in [0.2, 0.25) is 0 Å². The maximum absolute atomic E-state index is 15.0. The number of halogens is 1. The van der Waals surface area contributed by atoms with Crippen LogP contribution in [0.4, 0.5) is 10.1 Å². The number of anilines is 1. The van der Waals surface area contributed by atoms with Gasteiger partial charge in [0.05, 0.1) is 18.4 Å². The van der Waals surface area contributed by atoms with Gasteiger partial charge in [-0.25, -0.2) is 14.0 Å². The summed E-state index contributed by atoms with van der Waals surface area (Å²) in [4.78, 5) is 27.0. The summed E-state index contributed by atoms with van der Waals surface area (Å²) in [7, 11) is 1.44. The van der Waals surface area contributed by atoms with E-state index in [0.29, 0.717) is 17.0 Å². The number of hydrogen-bond acceptors (Lipinski definition) is 6. The van der Waals surface area contributed by atoms with E-state index < -0.39 is 23.5 Å². The minimum absolute atomic E-state index is 0.0398. The Morgan fingerprint density at radius 2 is 1.91 bits per heavy atom. The van der Waals surface area contributed by atoms with Crippen LogP contribution in [-0.2, 0) is 0 Å². The van der Waals surface area contributed by atoms with Gasteiger partial charge >= 0.3 is 11.7 Å². The number of nitrogens with two attached hydrogens (primary N) is 1. The second kappa shape index (κ2) is 9.51. The predicted molar refractivity (Wildman–Crippen MR) is 127 cm³/mol. The smallest absolute Gasteiger partial charge is 0.348 e. The van der Waals surface area contributed by atoms with Crippen LogP contribution in [0.1, 0.15) is 33.4 Å². The van der Waals surface area contributed by atoms with Crippen LogP contribution in [0, 0.1) is 11.2 Å². The van der Waals surface area contributed by atoms with Crippen LogP contribution in [-0.4, -0.2) is 38.8 Å². The fourth-order valence-electron chi connectivity index (χ4n) is 3.55. The molecule has 0 radical (unpaired) electrons. The topological polar surface area (TPSA) is 159 Å². The minimum atomic E-state index is -1.23. The van der Waals surface area contributed by atoms with E-state index in [0.717, 1.165) is 4.68 Å². The van der Waals surface area contributed by atoms with Crippen molar-refractivity contribution in [2.45, 2.75) is 6.04 Å². The lowest BCUT2D eigenvalue weighted by Crippen LogP contribution is -2.18. The van der Waals surface area contributed by atoms with E-state index in [9.17, 15) is 19.1 Å². The van der Waals surface area contributed by atoms with E-state index in [2.05, 4.69) is 15.4 Å². The molecule has 35 heavy (non-hydrogen) atoms. The first-order chi connectivity index (χ1) is 16.8. The molecule has 178 valence electrons. The number of aromatic carboxylic acids is 1. The van der Waals surface area contributed by atoms with Crippen molar-refractivity contribution >= 4 is 17.5 Å². The number of ether oxygens (including phenoxy) is 1. The minimum Gasteiger partial charge on any atom is -0.497 e. The van der Waals surface area contributed by atoms with Crippen molar-refractivity contribution in [3.8, 4) is 11.4 Å². The van der Waals surface area contributed by atoms with Crippen molar-refractivity contribution in [2.24, 2.45) is 5.73 Å². The highest BCUT2D eigenvalue weighted by molar-refractivity contribution is 5.95. The zero-order valence-electron chi connectivity index (χ0n) is 18.4. The lowest BCUT2D eigenvalue weighted by Gasteiger charge is -2.19. The number of aromatic nitrogens is 3. The number of nitrogen functional groups attached to an aromatic ring is 1. The van der Waals surface area contributed by atoms with Gasteiger partial charge in [0.2, 0.25) is 0 Å². The van der Waals surface area contributed by atoms with Gasteiger partial charge in [-0.2, -0.15) is 4.68 Å². The van der Waals surface area contributed by atoms with E-state index in [4.69, 9.17) is 15.9 Å². The van der Waals surface area contributed by atoms with Gasteiger partial charge in [0.1, 0.15) is 23.4 Å². The summed E-state index contributed by atoms with van der Waals surface area (Å²) < 4.78 is 21.1. The van der Waals surface area contributed by atoms with Crippen molar-refractivity contribution in [3.63, 3.8) is 0 Å². The molecule has 10 nitrogen and oxygen atoms in total. The molecule has 0 bridgehead atoms. The zero-order chi connectivity index (χ0) is 25.1. The molecular formula is C24H21FN6O4. The number of methoxy groups -OCH3 is 1. The number of H-pyrrole nitrogens is 1. The second-order valence-electron chi connectivity index (χ2n) is 7.51. The number of aromatic amines is 1. The maximum Gasteiger partial charge on any atom is 0.348 e. The highest BCUT2D eigenvalue weighted by Crippen LogP contribution is 2.29. The van der Waals surface area contributed by atoms with Gasteiger partial charge in [-0.3, -0.25) is 10.4 Å². The molecule has 0 fully saturated rings. The van der Waals surface area contributed by atoms with Crippen LogP contribution in [0.15, 0.2) is 71.5 Å². The van der Waals surface area contributed by atoms with Gasteiger partial charge in [0, 0.05) is 16.8 Å². The van der Waals surface area contributed by atoms with Gasteiger partial charge in [-0.1, -0.05) is 12.1 Å². The van der Waals surface area contributed by atoms with Gasteiger partial charge < -0.3 is 20.9 Å². The molecule has 11 heteroatoms. The van der Waals surface area contributed by atoms with Crippen molar-refractivity contribution in [3.05, 3.63) is 106 Å². The second-order valence-corrected chi connectivity index (χ2v) is 7.51. The lowest BCUT2D eigenvalue weighted by molar-refractivity contribution is 0.0696. The first kappa shape index (κ1) is 23.2. The third kappa shape index (κ3) is 4.74. The van der Waals surface area contributed by atoms with Crippen molar-refractivity contribution in [1.82, 2.24) is 14.8 Å². The number of hydrogen-bond donors (Lipinski definition) is 5. The molecule has 0 aliphatic rings. The summed E-state index contributed by atoms with van der Waals surface area (Å²) in [5.74, 6) is -1.48. The summed E-state index contributed by atoms with van der Waals surface area (Å²) in [6.07, 6.45) is 0. The van der Waals surface area contributed by atoms with Crippen LogP contribution < -0.4 is 21.5 Å². The van der Waals surface area contributed by atoms with Crippen molar-refractivity contribution in [1.29, 1.82) is 5.41 Å². The summed E-state index contributed by atoms with van der Waals surface area (Å²) in [5.41, 5.74) is 5.92. The molecule has 0 saturated carbocycles. The molecule has 0 aliphatic carbocycles. The molecule has 4 rings (SSSR count). The standard InChI is InChI=1S/C24H21FN6O4/c1-35-15-10-11-18(25)17(12-15)20(28-14-8-6-13(7-9-14)21(26)27)22-29-24(34)31(30-22)19-5-3-2-4-16(19)23(32)33/h2-12,20,28H,1H3,(H3,26,27)(H,32,33)(H,29,30,34). The monoisotopic (exact) mass is 476 g/mol. The average Bonchev–Trinajstić information content (AvgIpc) is 3.24. The maximum atomic E-state index is 15.0. The van der Waals surface area contributed by atoms with Gasteiger partial charge in [0.15, 0.2) is 5.82 Å². The molecule has 0 amide bonds. The number of nitrogens with zero attached hydrogens (tertiary/aromatic N) is 2. The molecule has 0 spiro atoms. The third-order valence-corrected chi connectivity index (χ3v) is 5.29. The number of carbonyl (C=O) groups is 1. The summed E-state index contributed by atoms with van der Waals surface area (Å²) in [6.45, 7) is 0. The Balaban J connectivity index is 1.83. The number of carboxylic acid groups (broad SMARTS) is 1. The number of nitrogens with one attached hydrogen (secondary N) is 3. The molecular weight excluding hydrogens is 455 g/mol. The molecule has 0 aliphatic heterocycles. The predicted octanol–water partition coefficient (Wildman–Crippen LogP) is 2.89. The number of benzene rings is 3. The fourth-order valence-corrected chi connectivity index (χ4v) is 3.55. The molecule has 1 heterocycles. The quantitative estimate of drug-likeness (QED) is 0.193. The molecule has 6 N–H and O–H groups in total. The summed E-state index contributed by atoms with van der Waals surface area (Å²) >= 11 is 0. The van der Waals surface area contributed by atoms with E-state index in [1.54, 1.807) is 30.3 Å². The van der Waals surface area contributed by atoms with E-state index in [1.807, 2.05) is 0 Å². The highest BCUT2D eigenvalue weighted by Gasteiger charge is 2.25. The Kier molecular flexibility index (Phi) is 6.32. The molecule has 1 aromatic heterocycles. The lowest BCUT2D eigenvalue weighted by atomic mass is 10.0. The van der Waals surface area contributed by atoms with E-state index in [1.165, 1.54) is 43.5 Å². The van der Waals surface area contributed by atoms with Gasteiger partial charge in [0.25, 0.3) is 0 Å². The van der Waals surface area contributed by atoms with Crippen LogP contribution in [0.25, 0.3) is 5.69 Å². The Bertz CT molecular complexity index is 1460. The Morgan fingerprint density at radius 3 is 2.57 bits per heavy atom. The Hall–Kier alpha value is -4.93. The molecule has 3 aromatic carbocycles. The average molecular weight is 476 g/mol. The van der Waals surface area contributed by atoms with E-state index in [-0.39, 0.29) is 28.5 Å².